The number of ether oxygens (including phenoxy) is 2. The van der Waals surface area contributed by atoms with E-state index in [-0.39, 0.29) is 18.8 Å². The first kappa shape index (κ1) is 17.6. The summed E-state index contributed by atoms with van der Waals surface area (Å²) in [5.41, 5.74) is 1.08. The number of hydrogen-bond donors (Lipinski definition) is 2. The quantitative estimate of drug-likeness (QED) is 0.626. The highest BCUT2D eigenvalue weighted by Crippen LogP contribution is 2.36. The molecule has 1 aromatic rings. The summed E-state index contributed by atoms with van der Waals surface area (Å²) in [6, 6.07) is 3.72. The molecule has 0 saturated heterocycles. The van der Waals surface area contributed by atoms with Gasteiger partial charge in [-0.05, 0) is 19.1 Å². The smallest absolute Gasteiger partial charge is 0.338 e. The lowest BCUT2D eigenvalue weighted by atomic mass is 9.95. The van der Waals surface area contributed by atoms with Gasteiger partial charge >= 0.3 is 12.0 Å². The van der Waals surface area contributed by atoms with Crippen molar-refractivity contribution in [1.29, 1.82) is 0 Å². The molecule has 0 fully saturated rings. The summed E-state index contributed by atoms with van der Waals surface area (Å²) < 4.78 is 10.0. The fraction of sp³-hybridized carbons (Fsp3) is 0.333. The molecule has 1 heterocycles. The summed E-state index contributed by atoms with van der Waals surface area (Å²) in [7, 11) is 1.51. The van der Waals surface area contributed by atoms with E-state index in [1.54, 1.807) is 25.1 Å². The van der Waals surface area contributed by atoms with E-state index in [1.165, 1.54) is 7.11 Å². The first-order valence-corrected chi connectivity index (χ1v) is 7.59. The second-order valence-electron chi connectivity index (χ2n) is 4.83. The van der Waals surface area contributed by atoms with Gasteiger partial charge in [0.15, 0.2) is 0 Å². The average molecular weight is 359 g/mol. The van der Waals surface area contributed by atoms with Gasteiger partial charge in [-0.25, -0.2) is 9.59 Å². The van der Waals surface area contributed by atoms with Crippen molar-refractivity contribution in [2.24, 2.45) is 0 Å². The Bertz CT molecular complexity index is 641. The van der Waals surface area contributed by atoms with Crippen LogP contribution in [0.1, 0.15) is 18.5 Å². The monoisotopic (exact) mass is 358 g/mol. The van der Waals surface area contributed by atoms with Crippen LogP contribution >= 0.6 is 23.2 Å². The lowest BCUT2D eigenvalue weighted by Gasteiger charge is -2.29. The van der Waals surface area contributed by atoms with Crippen molar-refractivity contribution in [3.8, 4) is 0 Å². The second-order valence-corrected chi connectivity index (χ2v) is 5.65. The Morgan fingerprint density at radius 2 is 1.91 bits per heavy atom. The minimum Gasteiger partial charge on any atom is -0.460 e. The Morgan fingerprint density at radius 3 is 2.52 bits per heavy atom. The molecule has 8 heteroatoms. The first-order valence-electron chi connectivity index (χ1n) is 6.84. The van der Waals surface area contributed by atoms with Crippen molar-refractivity contribution >= 4 is 35.2 Å². The maximum absolute atomic E-state index is 12.4. The van der Waals surface area contributed by atoms with Gasteiger partial charge in [0.05, 0.1) is 18.2 Å². The van der Waals surface area contributed by atoms with Crippen LogP contribution in [0, 0.1) is 0 Å². The van der Waals surface area contributed by atoms with Gasteiger partial charge < -0.3 is 20.1 Å². The highest BCUT2D eigenvalue weighted by molar-refractivity contribution is 6.36. The Hall–Kier alpha value is -1.76. The molecule has 1 atom stereocenters. The van der Waals surface area contributed by atoms with Crippen LogP contribution < -0.4 is 10.6 Å². The summed E-state index contributed by atoms with van der Waals surface area (Å²) in [5.74, 6) is -0.576. The van der Waals surface area contributed by atoms with Crippen LogP contribution in [0.25, 0.3) is 0 Å². The van der Waals surface area contributed by atoms with E-state index in [2.05, 4.69) is 10.6 Å². The van der Waals surface area contributed by atoms with E-state index >= 15 is 0 Å². The SMILES string of the molecule is COCCOC(=O)C1=C(C)NC(=O)N[C@@H]1c1c(Cl)cccc1Cl. The third kappa shape index (κ3) is 3.96. The number of hydrogen-bond acceptors (Lipinski definition) is 4. The molecule has 1 aliphatic rings. The standard InChI is InChI=1S/C15H16Cl2N2O4/c1-8-11(14(20)23-7-6-22-2)13(19-15(21)18-8)12-9(16)4-3-5-10(12)17/h3-5,13H,6-7H2,1-2H3,(H2,18,19,21)/t13-/m0/s1. The molecule has 0 aliphatic carbocycles. The lowest BCUT2D eigenvalue weighted by Crippen LogP contribution is -2.45. The molecule has 0 radical (unpaired) electrons. The van der Waals surface area contributed by atoms with Gasteiger partial charge in [0.25, 0.3) is 0 Å². The minimum atomic E-state index is -0.792. The zero-order chi connectivity index (χ0) is 17.0. The molecule has 2 N–H and O–H groups in total. The van der Waals surface area contributed by atoms with Crippen LogP contribution in [0.5, 0.6) is 0 Å². The topological polar surface area (TPSA) is 76.7 Å². The van der Waals surface area contributed by atoms with Gasteiger partial charge in [-0.3, -0.25) is 0 Å². The predicted octanol–water partition coefficient (Wildman–Crippen LogP) is 2.81. The molecule has 0 bridgehead atoms. The second kappa shape index (κ2) is 7.68. The fourth-order valence-electron chi connectivity index (χ4n) is 2.26. The number of urea groups is 1. The van der Waals surface area contributed by atoms with Gasteiger partial charge in [-0.2, -0.15) is 0 Å². The van der Waals surface area contributed by atoms with Crippen molar-refractivity contribution in [2.45, 2.75) is 13.0 Å². The van der Waals surface area contributed by atoms with Crippen LogP contribution in [-0.4, -0.2) is 32.3 Å². The van der Waals surface area contributed by atoms with Crippen molar-refractivity contribution in [1.82, 2.24) is 10.6 Å². The maximum atomic E-state index is 12.4. The number of carbonyl (C=O) groups is 2. The Labute approximate surface area is 143 Å². The van der Waals surface area contributed by atoms with Crippen LogP contribution in [0.3, 0.4) is 0 Å². The number of methoxy groups -OCH3 is 1. The molecule has 23 heavy (non-hydrogen) atoms. The Kier molecular flexibility index (Phi) is 5.87. The van der Waals surface area contributed by atoms with Crippen molar-refractivity contribution in [3.63, 3.8) is 0 Å². The van der Waals surface area contributed by atoms with Gasteiger partial charge in [0.1, 0.15) is 6.61 Å². The molecule has 6 nitrogen and oxygen atoms in total. The van der Waals surface area contributed by atoms with E-state index in [4.69, 9.17) is 32.7 Å². The number of allylic oxidation sites excluding steroid dienone is 1. The van der Waals surface area contributed by atoms with Crippen LogP contribution in [-0.2, 0) is 14.3 Å². The lowest BCUT2D eigenvalue weighted by molar-refractivity contribution is -0.140. The molecular formula is C15H16Cl2N2O4. The fourth-order valence-corrected chi connectivity index (χ4v) is 2.88. The summed E-state index contributed by atoms with van der Waals surface area (Å²) in [6.07, 6.45) is 0. The largest absolute Gasteiger partial charge is 0.460 e. The first-order chi connectivity index (χ1) is 11.0. The summed E-state index contributed by atoms with van der Waals surface area (Å²) in [4.78, 5) is 24.2. The zero-order valence-electron chi connectivity index (χ0n) is 12.6. The molecule has 2 rings (SSSR count). The molecular weight excluding hydrogens is 343 g/mol. The number of rotatable bonds is 5. The van der Waals surface area contributed by atoms with E-state index in [9.17, 15) is 9.59 Å². The van der Waals surface area contributed by atoms with Crippen LogP contribution in [0.4, 0.5) is 4.79 Å². The van der Waals surface area contributed by atoms with E-state index < -0.39 is 18.0 Å². The van der Waals surface area contributed by atoms with Crippen molar-refractivity contribution in [3.05, 3.63) is 45.1 Å². The van der Waals surface area contributed by atoms with E-state index in [0.717, 1.165) is 0 Å². The van der Waals surface area contributed by atoms with Gasteiger partial charge in [0, 0.05) is 28.4 Å². The summed E-state index contributed by atoms with van der Waals surface area (Å²) in [5, 5.41) is 5.90. The summed E-state index contributed by atoms with van der Waals surface area (Å²) >= 11 is 12.4. The molecule has 0 spiro atoms. The number of amides is 2. The molecule has 0 unspecified atom stereocenters. The average Bonchev–Trinajstić information content (AvgIpc) is 2.46. The van der Waals surface area contributed by atoms with Crippen molar-refractivity contribution in [2.75, 3.05) is 20.3 Å². The number of carbonyl (C=O) groups excluding carboxylic acids is 2. The summed E-state index contributed by atoms with van der Waals surface area (Å²) in [6.45, 7) is 1.99. The Balaban J connectivity index is 2.40. The molecule has 2 amide bonds. The number of benzene rings is 1. The number of esters is 1. The molecule has 0 saturated carbocycles. The van der Waals surface area contributed by atoms with Gasteiger partial charge in [-0.1, -0.05) is 29.3 Å². The zero-order valence-corrected chi connectivity index (χ0v) is 14.1. The predicted molar refractivity (Wildman–Crippen MR) is 86.4 cm³/mol. The molecule has 124 valence electrons. The Morgan fingerprint density at radius 1 is 1.26 bits per heavy atom. The molecule has 1 aromatic carbocycles. The highest BCUT2D eigenvalue weighted by Gasteiger charge is 2.34. The highest BCUT2D eigenvalue weighted by atomic mass is 35.5. The minimum absolute atomic E-state index is 0.100. The van der Waals surface area contributed by atoms with Crippen molar-refractivity contribution < 1.29 is 19.1 Å². The molecule has 1 aliphatic heterocycles. The maximum Gasteiger partial charge on any atom is 0.338 e. The van der Waals surface area contributed by atoms with E-state index in [1.807, 2.05) is 0 Å². The van der Waals surface area contributed by atoms with E-state index in [0.29, 0.717) is 21.3 Å². The third-order valence-corrected chi connectivity index (χ3v) is 3.96. The normalized spacial score (nSPS) is 17.6. The van der Waals surface area contributed by atoms with Gasteiger partial charge in [0.2, 0.25) is 0 Å². The number of nitrogens with one attached hydrogen (secondary N) is 2. The molecule has 0 aromatic heterocycles. The van der Waals surface area contributed by atoms with Crippen LogP contribution in [0.15, 0.2) is 29.5 Å². The van der Waals surface area contributed by atoms with Crippen LogP contribution in [0.2, 0.25) is 10.0 Å². The van der Waals surface area contributed by atoms with Gasteiger partial charge in [-0.15, -0.1) is 0 Å². The third-order valence-electron chi connectivity index (χ3n) is 3.30. The number of halogens is 2.